The van der Waals surface area contributed by atoms with E-state index in [9.17, 15) is 15.0 Å². The third-order valence-electron chi connectivity index (χ3n) is 4.36. The molecule has 116 valence electrons. The third-order valence-corrected chi connectivity index (χ3v) is 4.36. The Morgan fingerprint density at radius 3 is 2.86 bits per heavy atom. The molecule has 1 saturated heterocycles. The van der Waals surface area contributed by atoms with Gasteiger partial charge < -0.3 is 20.8 Å². The van der Waals surface area contributed by atoms with Crippen LogP contribution in [0.4, 0.5) is 5.82 Å². The molecule has 6 heteroatoms. The number of pyridine rings is 1. The number of nitrogens with two attached hydrogens (primary N) is 1. The summed E-state index contributed by atoms with van der Waals surface area (Å²) in [6.45, 7) is 2.75. The van der Waals surface area contributed by atoms with Gasteiger partial charge >= 0.3 is 0 Å². The van der Waals surface area contributed by atoms with Crippen molar-refractivity contribution >= 4 is 11.7 Å². The number of carbonyl (C=O) groups excluding carboxylic acids is 1. The van der Waals surface area contributed by atoms with Crippen LogP contribution >= 0.6 is 0 Å². The number of likely N-dealkylation sites (tertiary alicyclic amines) is 1. The van der Waals surface area contributed by atoms with E-state index in [1.165, 1.54) is 6.20 Å². The summed E-state index contributed by atoms with van der Waals surface area (Å²) < 4.78 is 0. The molecule has 1 fully saturated rings. The highest BCUT2D eigenvalue weighted by Gasteiger charge is 2.42. The molecule has 0 bridgehead atoms. The van der Waals surface area contributed by atoms with Crippen molar-refractivity contribution in [2.24, 2.45) is 5.41 Å². The molecule has 1 amide bonds. The molecule has 21 heavy (non-hydrogen) atoms. The summed E-state index contributed by atoms with van der Waals surface area (Å²) in [6, 6.07) is 3.22. The number of anilines is 1. The molecule has 1 aromatic heterocycles. The van der Waals surface area contributed by atoms with Crippen LogP contribution in [0, 0.1) is 5.41 Å². The number of aromatic nitrogens is 1. The average molecular weight is 293 g/mol. The van der Waals surface area contributed by atoms with Gasteiger partial charge in [0.05, 0.1) is 18.3 Å². The SMILES string of the molecule is CCC[C@]1(CO)CCN(C(=O)c2ccc(N)nc2)C[C@H]1O. The van der Waals surface area contributed by atoms with Gasteiger partial charge in [-0.15, -0.1) is 0 Å². The van der Waals surface area contributed by atoms with Crippen LogP contribution in [0.15, 0.2) is 18.3 Å². The second-order valence-corrected chi connectivity index (χ2v) is 5.76. The minimum atomic E-state index is -0.707. The summed E-state index contributed by atoms with van der Waals surface area (Å²) in [4.78, 5) is 17.9. The maximum atomic E-state index is 12.4. The van der Waals surface area contributed by atoms with E-state index in [0.717, 1.165) is 12.8 Å². The molecule has 1 aliphatic heterocycles. The van der Waals surface area contributed by atoms with Gasteiger partial charge in [0.1, 0.15) is 5.82 Å². The molecular weight excluding hydrogens is 270 g/mol. The molecule has 6 nitrogen and oxygen atoms in total. The number of nitrogens with zero attached hydrogens (tertiary/aromatic N) is 2. The number of carbonyl (C=O) groups is 1. The van der Waals surface area contributed by atoms with E-state index in [2.05, 4.69) is 4.98 Å². The molecule has 0 saturated carbocycles. The molecule has 2 atom stereocenters. The fraction of sp³-hybridized carbons (Fsp3) is 0.600. The summed E-state index contributed by atoms with van der Waals surface area (Å²) >= 11 is 0. The quantitative estimate of drug-likeness (QED) is 0.757. The first-order valence-corrected chi connectivity index (χ1v) is 7.32. The standard InChI is InChI=1S/C15H23N3O3/c1-2-5-15(10-19)6-7-18(9-12(15)20)14(21)11-3-4-13(16)17-8-11/h3-4,8,12,19-20H,2,5-7,9-10H2,1H3,(H2,16,17)/t12-,15-/m1/s1. The predicted molar refractivity (Wildman–Crippen MR) is 79.6 cm³/mol. The highest BCUT2D eigenvalue weighted by atomic mass is 16.3. The van der Waals surface area contributed by atoms with Crippen LogP contribution < -0.4 is 5.73 Å². The molecule has 0 aromatic carbocycles. The Kier molecular flexibility index (Phi) is 4.80. The summed E-state index contributed by atoms with van der Waals surface area (Å²) in [5.74, 6) is 0.206. The average Bonchev–Trinajstić information content (AvgIpc) is 2.49. The summed E-state index contributed by atoms with van der Waals surface area (Å²) in [5, 5.41) is 20.0. The lowest BCUT2D eigenvalue weighted by molar-refractivity contribution is -0.0713. The molecule has 0 aliphatic carbocycles. The van der Waals surface area contributed by atoms with Gasteiger partial charge in [0.25, 0.3) is 5.91 Å². The molecule has 0 unspecified atom stereocenters. The van der Waals surface area contributed by atoms with Gasteiger partial charge in [-0.05, 0) is 25.0 Å². The third kappa shape index (κ3) is 3.16. The predicted octanol–water partition coefficient (Wildman–Crippen LogP) is 0.649. The Balaban J connectivity index is 2.08. The molecule has 0 spiro atoms. The van der Waals surface area contributed by atoms with Crippen LogP contribution in [0.25, 0.3) is 0 Å². The summed E-state index contributed by atoms with van der Waals surface area (Å²) in [5.41, 5.74) is 5.49. The van der Waals surface area contributed by atoms with Crippen LogP contribution in [0.2, 0.25) is 0 Å². The number of aliphatic hydroxyl groups excluding tert-OH is 2. The Morgan fingerprint density at radius 1 is 1.57 bits per heavy atom. The van der Waals surface area contributed by atoms with Crippen LogP contribution in [-0.2, 0) is 0 Å². The Hall–Kier alpha value is -1.66. The number of β-amino-alcohol motifs (C(OH)–C–C–N with tert-alkyl or cyclic N) is 1. The molecular formula is C15H23N3O3. The van der Waals surface area contributed by atoms with Gasteiger partial charge in [0.2, 0.25) is 0 Å². The van der Waals surface area contributed by atoms with Crippen LogP contribution in [0.1, 0.15) is 36.5 Å². The van der Waals surface area contributed by atoms with E-state index in [0.29, 0.717) is 24.3 Å². The minimum absolute atomic E-state index is 0.0482. The first-order valence-electron chi connectivity index (χ1n) is 7.32. The first kappa shape index (κ1) is 15.7. The fourth-order valence-electron chi connectivity index (χ4n) is 2.97. The van der Waals surface area contributed by atoms with Crippen molar-refractivity contribution in [2.75, 3.05) is 25.4 Å². The van der Waals surface area contributed by atoms with Crippen molar-refractivity contribution in [1.82, 2.24) is 9.88 Å². The number of piperidine rings is 1. The van der Waals surface area contributed by atoms with E-state index in [-0.39, 0.29) is 19.1 Å². The van der Waals surface area contributed by atoms with Crippen LogP contribution in [-0.4, -0.2) is 51.8 Å². The Morgan fingerprint density at radius 2 is 2.33 bits per heavy atom. The smallest absolute Gasteiger partial charge is 0.255 e. The van der Waals surface area contributed by atoms with Crippen molar-refractivity contribution in [3.63, 3.8) is 0 Å². The van der Waals surface area contributed by atoms with Gasteiger partial charge in [-0.3, -0.25) is 4.79 Å². The topological polar surface area (TPSA) is 99.7 Å². The Bertz CT molecular complexity index is 491. The highest BCUT2D eigenvalue weighted by Crippen LogP contribution is 2.36. The van der Waals surface area contributed by atoms with E-state index in [1.54, 1.807) is 17.0 Å². The summed E-state index contributed by atoms with van der Waals surface area (Å²) in [6.07, 6.45) is 3.00. The van der Waals surface area contributed by atoms with E-state index >= 15 is 0 Å². The Labute approximate surface area is 124 Å². The lowest BCUT2D eigenvalue weighted by Crippen LogP contribution is -2.54. The van der Waals surface area contributed by atoms with E-state index in [4.69, 9.17) is 5.73 Å². The van der Waals surface area contributed by atoms with Crippen LogP contribution in [0.5, 0.6) is 0 Å². The fourth-order valence-corrected chi connectivity index (χ4v) is 2.97. The molecule has 4 N–H and O–H groups in total. The van der Waals surface area contributed by atoms with Crippen molar-refractivity contribution in [1.29, 1.82) is 0 Å². The highest BCUT2D eigenvalue weighted by molar-refractivity contribution is 5.94. The van der Waals surface area contributed by atoms with E-state index < -0.39 is 11.5 Å². The zero-order chi connectivity index (χ0) is 15.5. The molecule has 1 aromatic rings. The van der Waals surface area contributed by atoms with E-state index in [1.807, 2.05) is 6.92 Å². The van der Waals surface area contributed by atoms with Crippen molar-refractivity contribution in [3.8, 4) is 0 Å². The van der Waals surface area contributed by atoms with Crippen molar-refractivity contribution < 1.29 is 15.0 Å². The van der Waals surface area contributed by atoms with Gasteiger partial charge in [0, 0.05) is 24.7 Å². The zero-order valence-electron chi connectivity index (χ0n) is 12.3. The lowest BCUT2D eigenvalue weighted by Gasteiger charge is -2.44. The zero-order valence-corrected chi connectivity index (χ0v) is 12.3. The summed E-state index contributed by atoms with van der Waals surface area (Å²) in [7, 11) is 0. The molecule has 0 radical (unpaired) electrons. The molecule has 2 rings (SSSR count). The number of nitrogen functional groups attached to an aromatic ring is 1. The minimum Gasteiger partial charge on any atom is -0.396 e. The first-order chi connectivity index (χ1) is 10.0. The van der Waals surface area contributed by atoms with Crippen molar-refractivity contribution in [3.05, 3.63) is 23.9 Å². The molecule has 2 heterocycles. The van der Waals surface area contributed by atoms with Gasteiger partial charge in [-0.2, -0.15) is 0 Å². The van der Waals surface area contributed by atoms with Gasteiger partial charge in [0.15, 0.2) is 0 Å². The second kappa shape index (κ2) is 6.41. The maximum absolute atomic E-state index is 12.4. The van der Waals surface area contributed by atoms with Crippen molar-refractivity contribution in [2.45, 2.75) is 32.3 Å². The largest absolute Gasteiger partial charge is 0.396 e. The number of aliphatic hydroxyl groups is 2. The molecule has 1 aliphatic rings. The normalized spacial score (nSPS) is 25.9. The van der Waals surface area contributed by atoms with Crippen LogP contribution in [0.3, 0.4) is 0 Å². The number of hydrogen-bond donors (Lipinski definition) is 3. The maximum Gasteiger partial charge on any atom is 0.255 e. The number of amides is 1. The van der Waals surface area contributed by atoms with Gasteiger partial charge in [-0.25, -0.2) is 4.98 Å². The number of hydrogen-bond acceptors (Lipinski definition) is 5. The second-order valence-electron chi connectivity index (χ2n) is 5.76. The lowest BCUT2D eigenvalue weighted by atomic mass is 9.73. The number of rotatable bonds is 4. The van der Waals surface area contributed by atoms with Gasteiger partial charge in [-0.1, -0.05) is 13.3 Å². The monoisotopic (exact) mass is 293 g/mol.